The van der Waals surface area contributed by atoms with Crippen LogP contribution in [-0.2, 0) is 20.8 Å². The SMILES string of the molecule is CCN1CCN(C(=O)NC(C(=O)N[C@H]2Cc3ccc(F)c(C(=O)O)c3OB2O)[C@@H](C)O)C(=O)C1=O. The van der Waals surface area contributed by atoms with Crippen LogP contribution in [0.25, 0.3) is 0 Å². The van der Waals surface area contributed by atoms with Crippen LogP contribution in [0.5, 0.6) is 5.75 Å². The number of rotatable bonds is 6. The van der Waals surface area contributed by atoms with Gasteiger partial charge in [-0.3, -0.25) is 19.3 Å². The van der Waals surface area contributed by atoms with Gasteiger partial charge in [-0.1, -0.05) is 6.07 Å². The van der Waals surface area contributed by atoms with E-state index in [1.165, 1.54) is 17.9 Å². The predicted molar refractivity (Wildman–Crippen MR) is 116 cm³/mol. The average molecular weight is 494 g/mol. The molecule has 0 aromatic heterocycles. The molecule has 0 bridgehead atoms. The third kappa shape index (κ3) is 5.20. The number of carboxylic acid groups (broad SMARTS) is 1. The van der Waals surface area contributed by atoms with Crippen molar-refractivity contribution in [3.05, 3.63) is 29.1 Å². The van der Waals surface area contributed by atoms with Gasteiger partial charge in [0.25, 0.3) is 0 Å². The minimum Gasteiger partial charge on any atom is -0.534 e. The Bertz CT molecular complexity index is 1070. The van der Waals surface area contributed by atoms with E-state index in [2.05, 4.69) is 10.6 Å². The molecule has 2 aliphatic heterocycles. The Morgan fingerprint density at radius 1 is 1.26 bits per heavy atom. The number of carbonyl (C=O) groups excluding carboxylic acids is 4. The maximum atomic E-state index is 13.9. The fourth-order valence-electron chi connectivity index (χ4n) is 3.82. The lowest BCUT2D eigenvalue weighted by Gasteiger charge is -2.33. The lowest BCUT2D eigenvalue weighted by Crippen LogP contribution is -2.63. The number of fused-ring (bicyclic) bond motifs is 1. The molecule has 0 saturated carbocycles. The summed E-state index contributed by atoms with van der Waals surface area (Å²) in [6.45, 7) is 3.18. The van der Waals surface area contributed by atoms with E-state index >= 15 is 0 Å². The zero-order chi connectivity index (χ0) is 26.0. The van der Waals surface area contributed by atoms with Gasteiger partial charge in [-0.05, 0) is 31.9 Å². The molecular weight excluding hydrogens is 470 g/mol. The summed E-state index contributed by atoms with van der Waals surface area (Å²) in [7, 11) is -1.77. The van der Waals surface area contributed by atoms with E-state index in [0.717, 1.165) is 6.07 Å². The van der Waals surface area contributed by atoms with Gasteiger partial charge in [0.15, 0.2) is 0 Å². The minimum absolute atomic E-state index is 0.104. The molecule has 2 heterocycles. The number of nitrogens with one attached hydrogen (secondary N) is 2. The van der Waals surface area contributed by atoms with E-state index in [0.29, 0.717) is 4.90 Å². The summed E-state index contributed by atoms with van der Waals surface area (Å²) in [5, 5.41) is 34.2. The molecule has 1 fully saturated rings. The van der Waals surface area contributed by atoms with Crippen molar-refractivity contribution in [1.82, 2.24) is 20.4 Å². The second-order valence-corrected chi connectivity index (χ2v) is 8.05. The number of piperazine rings is 1. The van der Waals surface area contributed by atoms with Gasteiger partial charge in [0.1, 0.15) is 23.2 Å². The Balaban J connectivity index is 1.71. The number of amides is 5. The molecule has 5 N–H and O–H groups in total. The highest BCUT2D eigenvalue weighted by atomic mass is 19.1. The van der Waals surface area contributed by atoms with Gasteiger partial charge in [-0.25, -0.2) is 14.0 Å². The standard InChI is InChI=1S/C20H24BFN4O9/c1-3-25-6-7-26(18(30)17(25)29)20(33)24-14(9(2)27)16(28)23-12-8-10-4-5-11(22)13(19(31)32)15(10)35-21(12)34/h4-5,9,12,14,27,34H,3,6-8H2,1-2H3,(H,23,28)(H,24,33)(H,31,32)/t9-,12+,14?/m1/s1. The van der Waals surface area contributed by atoms with Crippen molar-refractivity contribution in [1.29, 1.82) is 0 Å². The van der Waals surface area contributed by atoms with Crippen LogP contribution in [0.15, 0.2) is 12.1 Å². The number of carboxylic acids is 1. The monoisotopic (exact) mass is 494 g/mol. The van der Waals surface area contributed by atoms with Crippen molar-refractivity contribution in [2.45, 2.75) is 38.4 Å². The maximum Gasteiger partial charge on any atom is 0.547 e. The Morgan fingerprint density at radius 2 is 1.94 bits per heavy atom. The third-order valence-corrected chi connectivity index (χ3v) is 5.73. The number of hydrogen-bond donors (Lipinski definition) is 5. The topological polar surface area (TPSA) is 186 Å². The van der Waals surface area contributed by atoms with E-state index < -0.39 is 66.3 Å². The lowest BCUT2D eigenvalue weighted by molar-refractivity contribution is -0.153. The molecule has 0 radical (unpaired) electrons. The van der Waals surface area contributed by atoms with Gasteiger partial charge in [-0.15, -0.1) is 0 Å². The van der Waals surface area contributed by atoms with Crippen molar-refractivity contribution < 1.29 is 48.3 Å². The highest BCUT2D eigenvalue weighted by Crippen LogP contribution is 2.32. The number of aromatic carboxylic acids is 1. The first-order valence-electron chi connectivity index (χ1n) is 10.7. The summed E-state index contributed by atoms with van der Waals surface area (Å²) in [4.78, 5) is 62.9. The Hall–Kier alpha value is -3.72. The predicted octanol–water partition coefficient (Wildman–Crippen LogP) is -1.89. The summed E-state index contributed by atoms with van der Waals surface area (Å²) >= 11 is 0. The quantitative estimate of drug-likeness (QED) is 0.223. The first-order valence-corrected chi connectivity index (χ1v) is 10.7. The van der Waals surface area contributed by atoms with Gasteiger partial charge >= 0.3 is 30.9 Å². The minimum atomic E-state index is -1.77. The second kappa shape index (κ2) is 10.3. The number of imide groups is 1. The summed E-state index contributed by atoms with van der Waals surface area (Å²) in [5.74, 6) is -7.06. The van der Waals surface area contributed by atoms with Crippen LogP contribution in [-0.4, -0.2) is 99.6 Å². The van der Waals surface area contributed by atoms with Gasteiger partial charge in [0.2, 0.25) is 5.91 Å². The smallest absolute Gasteiger partial charge is 0.534 e. The zero-order valence-corrected chi connectivity index (χ0v) is 18.9. The Kier molecular flexibility index (Phi) is 7.60. The number of urea groups is 1. The molecule has 35 heavy (non-hydrogen) atoms. The first kappa shape index (κ1) is 25.9. The van der Waals surface area contributed by atoms with Gasteiger partial charge in [0.05, 0.1) is 12.0 Å². The molecule has 1 unspecified atom stereocenters. The van der Waals surface area contributed by atoms with Crippen molar-refractivity contribution in [2.24, 2.45) is 0 Å². The molecule has 1 saturated heterocycles. The molecule has 0 aliphatic carbocycles. The lowest BCUT2D eigenvalue weighted by atomic mass is 9.72. The molecular formula is C20H24BFN4O9. The van der Waals surface area contributed by atoms with Crippen LogP contribution in [0.3, 0.4) is 0 Å². The van der Waals surface area contributed by atoms with E-state index in [9.17, 15) is 43.6 Å². The normalized spacial score (nSPS) is 19.5. The van der Waals surface area contributed by atoms with Gasteiger partial charge < -0.3 is 35.4 Å². The van der Waals surface area contributed by atoms with E-state index in [4.69, 9.17) is 4.65 Å². The van der Waals surface area contributed by atoms with Crippen LogP contribution in [0.2, 0.25) is 0 Å². The molecule has 13 nitrogen and oxygen atoms in total. The van der Waals surface area contributed by atoms with Crippen molar-refractivity contribution in [2.75, 3.05) is 19.6 Å². The number of likely N-dealkylation sites (N-methyl/N-ethyl adjacent to an activating group) is 1. The molecule has 15 heteroatoms. The highest BCUT2D eigenvalue weighted by molar-refractivity contribution is 6.47. The second-order valence-electron chi connectivity index (χ2n) is 8.05. The fourth-order valence-corrected chi connectivity index (χ4v) is 3.82. The van der Waals surface area contributed by atoms with E-state index in [1.54, 1.807) is 6.92 Å². The zero-order valence-electron chi connectivity index (χ0n) is 18.9. The number of hydrogen-bond acceptors (Lipinski definition) is 8. The van der Waals surface area contributed by atoms with Gasteiger partial charge in [0, 0.05) is 19.6 Å². The van der Waals surface area contributed by atoms with Crippen LogP contribution in [0.1, 0.15) is 29.8 Å². The summed E-state index contributed by atoms with van der Waals surface area (Å²) in [6, 6.07) is -0.481. The average Bonchev–Trinajstić information content (AvgIpc) is 2.79. The largest absolute Gasteiger partial charge is 0.547 e. The first-order chi connectivity index (χ1) is 16.5. The number of benzene rings is 1. The number of nitrogens with zero attached hydrogens (tertiary/aromatic N) is 2. The molecule has 0 spiro atoms. The molecule has 1 aromatic rings. The molecule has 3 rings (SSSR count). The molecule has 2 aliphatic rings. The Labute approximate surface area is 199 Å². The molecule has 1 aromatic carbocycles. The van der Waals surface area contributed by atoms with Crippen molar-refractivity contribution in [3.63, 3.8) is 0 Å². The Morgan fingerprint density at radius 3 is 2.54 bits per heavy atom. The highest BCUT2D eigenvalue weighted by Gasteiger charge is 2.41. The third-order valence-electron chi connectivity index (χ3n) is 5.73. The van der Waals surface area contributed by atoms with Crippen LogP contribution >= 0.6 is 0 Å². The number of halogens is 1. The van der Waals surface area contributed by atoms with Crippen molar-refractivity contribution >= 4 is 36.8 Å². The fraction of sp³-hybridized carbons (Fsp3) is 0.450. The molecule has 3 atom stereocenters. The number of aliphatic hydroxyl groups is 1. The van der Waals surface area contributed by atoms with E-state index in [1.807, 2.05) is 0 Å². The van der Waals surface area contributed by atoms with Crippen molar-refractivity contribution in [3.8, 4) is 5.75 Å². The number of carbonyl (C=O) groups is 5. The van der Waals surface area contributed by atoms with Crippen LogP contribution < -0.4 is 15.3 Å². The molecule has 188 valence electrons. The van der Waals surface area contributed by atoms with Crippen LogP contribution in [0.4, 0.5) is 9.18 Å². The summed E-state index contributed by atoms with van der Waals surface area (Å²) in [6.07, 6.45) is -1.58. The van der Waals surface area contributed by atoms with Gasteiger partial charge in [-0.2, -0.15) is 0 Å². The number of aliphatic hydroxyl groups excluding tert-OH is 1. The maximum absolute atomic E-state index is 13.9. The summed E-state index contributed by atoms with van der Waals surface area (Å²) < 4.78 is 19.1. The molecule has 5 amide bonds. The van der Waals surface area contributed by atoms with Crippen LogP contribution in [0, 0.1) is 5.82 Å². The van der Waals surface area contributed by atoms with E-state index in [-0.39, 0.29) is 37.4 Å². The summed E-state index contributed by atoms with van der Waals surface area (Å²) in [5.41, 5.74) is -0.558.